The minimum Gasteiger partial charge on any atom is -0.376 e. The normalized spacial score (nSPS) is 17.5. The molecular weight excluding hydrogens is 340 g/mol. The van der Waals surface area contributed by atoms with Crippen molar-refractivity contribution in [2.24, 2.45) is 0 Å². The zero-order chi connectivity index (χ0) is 17.8. The summed E-state index contributed by atoms with van der Waals surface area (Å²) in [6.07, 6.45) is 4.11. The third-order valence-corrected chi connectivity index (χ3v) is 5.01. The fourth-order valence-electron chi connectivity index (χ4n) is 2.84. The molecule has 0 unspecified atom stereocenters. The molecule has 1 N–H and O–H groups in total. The molecule has 1 fully saturated rings. The number of hydrogen-bond acceptors (Lipinski definition) is 6. The van der Waals surface area contributed by atoms with Gasteiger partial charge in [0.15, 0.2) is 0 Å². The van der Waals surface area contributed by atoms with E-state index >= 15 is 0 Å². The van der Waals surface area contributed by atoms with E-state index in [0.717, 1.165) is 41.7 Å². The first-order valence-corrected chi connectivity index (χ1v) is 9.43. The molecule has 0 spiro atoms. The molecule has 0 aliphatic carbocycles. The first-order chi connectivity index (χ1) is 12.0. The monoisotopic (exact) mass is 366 g/mol. The number of amides is 2. The molecule has 1 aliphatic rings. The number of hydrogen-bond donors (Lipinski definition) is 1. The van der Waals surface area contributed by atoms with Crippen molar-refractivity contribution in [1.29, 1.82) is 0 Å². The maximum atomic E-state index is 12.6. The summed E-state index contributed by atoms with van der Waals surface area (Å²) in [4.78, 5) is 21.9. The smallest absolute Gasteiger partial charge is 0.317 e. The van der Waals surface area contributed by atoms with E-state index in [1.54, 1.807) is 15.9 Å². The number of urea groups is 1. The number of nitrogens with zero attached hydrogens (tertiary/aromatic N) is 5. The van der Waals surface area contributed by atoms with Crippen molar-refractivity contribution in [3.05, 3.63) is 16.9 Å². The minimum atomic E-state index is -0.0714. The Kier molecular flexibility index (Phi) is 5.87. The van der Waals surface area contributed by atoms with Crippen LogP contribution in [0.25, 0.3) is 4.96 Å². The summed E-state index contributed by atoms with van der Waals surface area (Å²) in [5.41, 5.74) is 0.816. The fraction of sp³-hybridized carbons (Fsp3) is 0.688. The molecule has 9 heteroatoms. The molecule has 3 rings (SSSR count). The molecule has 0 bridgehead atoms. The van der Waals surface area contributed by atoms with Crippen LogP contribution in [-0.4, -0.2) is 76.9 Å². The standard InChI is InChI=1S/C16H26N6O2S/c1-12-19-22-10-13(18-16(22)25-12)9-17-15(23)21(7-6-20(2)3)11-14-5-4-8-24-14/h10,14H,4-9,11H2,1-3H3,(H,17,23)/t14-/m0/s1. The Morgan fingerprint density at radius 2 is 2.32 bits per heavy atom. The van der Waals surface area contributed by atoms with Gasteiger partial charge in [-0.25, -0.2) is 14.3 Å². The van der Waals surface area contributed by atoms with Gasteiger partial charge in [-0.1, -0.05) is 11.3 Å². The van der Waals surface area contributed by atoms with Crippen molar-refractivity contribution in [3.63, 3.8) is 0 Å². The lowest BCUT2D eigenvalue weighted by Crippen LogP contribution is -2.46. The molecule has 1 aliphatic heterocycles. The number of imidazole rings is 1. The zero-order valence-corrected chi connectivity index (χ0v) is 15.9. The average molecular weight is 366 g/mol. The molecule has 138 valence electrons. The third kappa shape index (κ3) is 4.90. The number of likely N-dealkylation sites (N-methyl/N-ethyl adjacent to an activating group) is 1. The Balaban J connectivity index is 1.56. The molecule has 0 aromatic carbocycles. The van der Waals surface area contributed by atoms with E-state index in [0.29, 0.717) is 19.6 Å². The van der Waals surface area contributed by atoms with E-state index in [9.17, 15) is 4.79 Å². The second-order valence-electron chi connectivity index (χ2n) is 6.62. The summed E-state index contributed by atoms with van der Waals surface area (Å²) in [5, 5.41) is 8.29. The lowest BCUT2D eigenvalue weighted by Gasteiger charge is -2.26. The molecule has 2 amide bonds. The molecule has 2 aromatic rings. The van der Waals surface area contributed by atoms with E-state index in [1.165, 1.54) is 0 Å². The first-order valence-electron chi connectivity index (χ1n) is 8.62. The van der Waals surface area contributed by atoms with E-state index in [2.05, 4.69) is 20.3 Å². The molecular formula is C16H26N6O2S. The second-order valence-corrected chi connectivity index (χ2v) is 7.78. The van der Waals surface area contributed by atoms with Crippen molar-refractivity contribution < 1.29 is 9.53 Å². The lowest BCUT2D eigenvalue weighted by molar-refractivity contribution is 0.0795. The predicted molar refractivity (Wildman–Crippen MR) is 96.9 cm³/mol. The summed E-state index contributed by atoms with van der Waals surface area (Å²) in [5.74, 6) is 0. The van der Waals surface area contributed by atoms with Gasteiger partial charge in [0.25, 0.3) is 0 Å². The van der Waals surface area contributed by atoms with Gasteiger partial charge >= 0.3 is 6.03 Å². The Morgan fingerprint density at radius 3 is 3.00 bits per heavy atom. The molecule has 1 saturated heterocycles. The lowest BCUT2D eigenvalue weighted by atomic mass is 10.2. The highest BCUT2D eigenvalue weighted by atomic mass is 32.1. The van der Waals surface area contributed by atoms with Crippen LogP contribution in [0.3, 0.4) is 0 Å². The fourth-order valence-corrected chi connectivity index (χ4v) is 3.58. The Morgan fingerprint density at radius 1 is 1.48 bits per heavy atom. The van der Waals surface area contributed by atoms with E-state index in [-0.39, 0.29) is 12.1 Å². The number of ether oxygens (including phenoxy) is 1. The summed E-state index contributed by atoms with van der Waals surface area (Å²) in [6, 6.07) is -0.0714. The van der Waals surface area contributed by atoms with Gasteiger partial charge in [0, 0.05) is 26.2 Å². The SMILES string of the molecule is Cc1nn2cc(CNC(=O)N(CCN(C)C)C[C@@H]3CCCO3)nc2s1. The third-order valence-electron chi connectivity index (χ3n) is 4.17. The quantitative estimate of drug-likeness (QED) is 0.801. The van der Waals surface area contributed by atoms with Gasteiger partial charge in [-0.3, -0.25) is 0 Å². The summed E-state index contributed by atoms with van der Waals surface area (Å²) < 4.78 is 7.45. The molecule has 25 heavy (non-hydrogen) atoms. The highest BCUT2D eigenvalue weighted by Crippen LogP contribution is 2.15. The van der Waals surface area contributed by atoms with E-state index in [1.807, 2.05) is 32.1 Å². The second kappa shape index (κ2) is 8.11. The van der Waals surface area contributed by atoms with Crippen LogP contribution >= 0.6 is 11.3 Å². The van der Waals surface area contributed by atoms with Crippen molar-refractivity contribution in [2.75, 3.05) is 40.3 Å². The number of fused-ring (bicyclic) bond motifs is 1. The highest BCUT2D eigenvalue weighted by molar-refractivity contribution is 7.16. The van der Waals surface area contributed by atoms with Crippen LogP contribution in [-0.2, 0) is 11.3 Å². The Labute approximate surface area is 151 Å². The van der Waals surface area contributed by atoms with Gasteiger partial charge in [-0.15, -0.1) is 0 Å². The van der Waals surface area contributed by atoms with Crippen molar-refractivity contribution >= 4 is 22.3 Å². The van der Waals surface area contributed by atoms with Gasteiger partial charge in [0.1, 0.15) is 5.01 Å². The van der Waals surface area contributed by atoms with E-state index in [4.69, 9.17) is 4.74 Å². The number of aryl methyl sites for hydroxylation is 1. The molecule has 8 nitrogen and oxygen atoms in total. The summed E-state index contributed by atoms with van der Waals surface area (Å²) in [7, 11) is 4.02. The summed E-state index contributed by atoms with van der Waals surface area (Å²) in [6.45, 7) is 5.29. The number of aromatic nitrogens is 3. The number of rotatable bonds is 7. The maximum Gasteiger partial charge on any atom is 0.317 e. The minimum absolute atomic E-state index is 0.0714. The summed E-state index contributed by atoms with van der Waals surface area (Å²) >= 11 is 1.54. The topological polar surface area (TPSA) is 75.0 Å². The van der Waals surface area contributed by atoms with Crippen LogP contribution in [0.15, 0.2) is 6.20 Å². The van der Waals surface area contributed by atoms with E-state index < -0.39 is 0 Å². The Bertz CT molecular complexity index is 675. The molecule has 2 aromatic heterocycles. The van der Waals surface area contributed by atoms with Gasteiger partial charge in [0.2, 0.25) is 4.96 Å². The molecule has 3 heterocycles. The molecule has 1 atom stereocenters. The van der Waals surface area contributed by atoms with Gasteiger partial charge in [0.05, 0.1) is 24.5 Å². The number of nitrogens with one attached hydrogen (secondary N) is 1. The van der Waals surface area contributed by atoms with Gasteiger partial charge < -0.3 is 19.9 Å². The van der Waals surface area contributed by atoms with Crippen LogP contribution < -0.4 is 5.32 Å². The highest BCUT2D eigenvalue weighted by Gasteiger charge is 2.22. The van der Waals surface area contributed by atoms with Crippen LogP contribution in [0.2, 0.25) is 0 Å². The van der Waals surface area contributed by atoms with Crippen molar-refractivity contribution in [1.82, 2.24) is 29.7 Å². The largest absolute Gasteiger partial charge is 0.376 e. The predicted octanol–water partition coefficient (Wildman–Crippen LogP) is 1.35. The zero-order valence-electron chi connectivity index (χ0n) is 15.1. The number of carbonyl (C=O) groups excluding carboxylic acids is 1. The van der Waals surface area contributed by atoms with Gasteiger partial charge in [-0.05, 0) is 33.9 Å². The van der Waals surface area contributed by atoms with Crippen LogP contribution in [0.5, 0.6) is 0 Å². The molecule has 0 radical (unpaired) electrons. The molecule has 0 saturated carbocycles. The van der Waals surface area contributed by atoms with Crippen molar-refractivity contribution in [2.45, 2.75) is 32.4 Å². The first kappa shape index (κ1) is 18.1. The number of carbonyl (C=O) groups is 1. The van der Waals surface area contributed by atoms with Crippen molar-refractivity contribution in [3.8, 4) is 0 Å². The van der Waals surface area contributed by atoms with Crippen LogP contribution in [0.1, 0.15) is 23.5 Å². The van der Waals surface area contributed by atoms with Crippen LogP contribution in [0.4, 0.5) is 4.79 Å². The average Bonchev–Trinajstić information content (AvgIpc) is 3.25. The Hall–Kier alpha value is -1.71. The van der Waals surface area contributed by atoms with Crippen LogP contribution in [0, 0.1) is 6.92 Å². The van der Waals surface area contributed by atoms with Gasteiger partial charge in [-0.2, -0.15) is 5.10 Å². The maximum absolute atomic E-state index is 12.6.